The molecule has 1 atom stereocenters. The number of carboxylic acids is 1. The van der Waals surface area contributed by atoms with Gasteiger partial charge in [-0.3, -0.25) is 4.79 Å². The summed E-state index contributed by atoms with van der Waals surface area (Å²) < 4.78 is 0. The van der Waals surface area contributed by atoms with Crippen LogP contribution < -0.4 is 0 Å². The average molecular weight is 271 g/mol. The first-order valence-electron chi connectivity index (χ1n) is 6.79. The summed E-state index contributed by atoms with van der Waals surface area (Å²) in [5, 5.41) is 9.02. The highest BCUT2D eigenvalue weighted by Gasteiger charge is 2.29. The summed E-state index contributed by atoms with van der Waals surface area (Å²) >= 11 is 0. The molecule has 0 aromatic heterocycles. The highest BCUT2D eigenvalue weighted by Crippen LogP contribution is 2.17. The van der Waals surface area contributed by atoms with Gasteiger partial charge in [0.2, 0.25) is 0 Å². The Balaban J connectivity index is 2.40. The first-order valence-corrected chi connectivity index (χ1v) is 6.79. The van der Waals surface area contributed by atoms with E-state index in [1.165, 1.54) is 0 Å². The number of carbonyl (C=O) groups excluding carboxylic acids is 1. The molecule has 1 heterocycles. The Hall–Kier alpha value is -1.30. The number of rotatable bonds is 5. The maximum atomic E-state index is 12.2. The van der Waals surface area contributed by atoms with Crippen molar-refractivity contribution in [3.63, 3.8) is 0 Å². The van der Waals surface area contributed by atoms with Crippen molar-refractivity contribution in [2.75, 3.05) is 47.3 Å². The Morgan fingerprint density at radius 2 is 1.95 bits per heavy atom. The normalized spacial score (nSPS) is 19.6. The van der Waals surface area contributed by atoms with E-state index in [-0.39, 0.29) is 6.03 Å². The lowest BCUT2D eigenvalue weighted by atomic mass is 9.99. The van der Waals surface area contributed by atoms with Crippen molar-refractivity contribution in [3.8, 4) is 0 Å². The van der Waals surface area contributed by atoms with Gasteiger partial charge in [0.15, 0.2) is 0 Å². The Morgan fingerprint density at radius 1 is 1.26 bits per heavy atom. The fraction of sp³-hybridized carbons (Fsp3) is 0.846. The Morgan fingerprint density at radius 3 is 2.53 bits per heavy atom. The summed E-state index contributed by atoms with van der Waals surface area (Å²) in [7, 11) is 5.79. The summed E-state index contributed by atoms with van der Waals surface area (Å²) in [6.07, 6.45) is 2.36. The molecule has 1 rings (SSSR count). The van der Waals surface area contributed by atoms with Crippen molar-refractivity contribution in [2.45, 2.75) is 19.3 Å². The minimum Gasteiger partial charge on any atom is -0.481 e. The van der Waals surface area contributed by atoms with Crippen molar-refractivity contribution < 1.29 is 14.7 Å². The highest BCUT2D eigenvalue weighted by molar-refractivity contribution is 5.76. The summed E-state index contributed by atoms with van der Waals surface area (Å²) in [5.74, 6) is -1.21. The molecular weight excluding hydrogens is 246 g/mol. The number of hydrogen-bond donors (Lipinski definition) is 1. The van der Waals surface area contributed by atoms with Gasteiger partial charge in [0.1, 0.15) is 0 Å². The van der Waals surface area contributed by atoms with Crippen LogP contribution in [0.1, 0.15) is 19.3 Å². The van der Waals surface area contributed by atoms with Crippen LogP contribution in [0.4, 0.5) is 4.79 Å². The fourth-order valence-corrected chi connectivity index (χ4v) is 2.31. The number of aliphatic carboxylic acids is 1. The van der Waals surface area contributed by atoms with E-state index in [9.17, 15) is 9.59 Å². The second-order valence-corrected chi connectivity index (χ2v) is 5.48. The predicted molar refractivity (Wildman–Crippen MR) is 73.1 cm³/mol. The number of urea groups is 1. The molecule has 2 amide bonds. The Bertz CT molecular complexity index is 320. The molecule has 0 aliphatic carbocycles. The van der Waals surface area contributed by atoms with Crippen LogP contribution in [-0.4, -0.2) is 79.1 Å². The monoisotopic (exact) mass is 271 g/mol. The lowest BCUT2D eigenvalue weighted by molar-refractivity contribution is -0.143. The third-order valence-electron chi connectivity index (χ3n) is 3.47. The summed E-state index contributed by atoms with van der Waals surface area (Å²) in [6.45, 7) is 2.65. The van der Waals surface area contributed by atoms with Crippen LogP contribution in [0.5, 0.6) is 0 Å². The van der Waals surface area contributed by atoms with E-state index in [2.05, 4.69) is 4.90 Å². The lowest BCUT2D eigenvalue weighted by Gasteiger charge is -2.33. The molecule has 0 aromatic carbocycles. The fourth-order valence-electron chi connectivity index (χ4n) is 2.31. The first-order chi connectivity index (χ1) is 8.91. The Labute approximate surface area is 115 Å². The number of carbonyl (C=O) groups is 2. The zero-order chi connectivity index (χ0) is 14.4. The second-order valence-electron chi connectivity index (χ2n) is 5.48. The van der Waals surface area contributed by atoms with Gasteiger partial charge in [0.05, 0.1) is 5.92 Å². The highest BCUT2D eigenvalue weighted by atomic mass is 16.4. The SMILES string of the molecule is CN(C)CCCN(C)C(=O)N1CCC[C@H](C(=O)O)C1. The molecule has 0 spiro atoms. The van der Waals surface area contributed by atoms with Gasteiger partial charge in [0.25, 0.3) is 0 Å². The van der Waals surface area contributed by atoms with Gasteiger partial charge in [-0.2, -0.15) is 0 Å². The number of hydrogen-bond acceptors (Lipinski definition) is 3. The van der Waals surface area contributed by atoms with Crippen LogP contribution >= 0.6 is 0 Å². The number of piperidine rings is 1. The molecule has 1 aliphatic heterocycles. The molecule has 19 heavy (non-hydrogen) atoms. The van der Waals surface area contributed by atoms with E-state index in [1.54, 1.807) is 16.8 Å². The number of carboxylic acid groups (broad SMARTS) is 1. The molecule has 0 bridgehead atoms. The van der Waals surface area contributed by atoms with Crippen LogP contribution in [0.2, 0.25) is 0 Å². The molecule has 0 aromatic rings. The second kappa shape index (κ2) is 7.33. The molecule has 0 saturated carbocycles. The van der Waals surface area contributed by atoms with Crippen LogP contribution in [0.15, 0.2) is 0 Å². The smallest absolute Gasteiger partial charge is 0.319 e. The first kappa shape index (κ1) is 15.8. The topological polar surface area (TPSA) is 64.1 Å². The number of likely N-dealkylation sites (tertiary alicyclic amines) is 1. The zero-order valence-electron chi connectivity index (χ0n) is 12.1. The van der Waals surface area contributed by atoms with Crippen molar-refractivity contribution in [1.29, 1.82) is 0 Å². The van der Waals surface area contributed by atoms with Crippen molar-refractivity contribution in [3.05, 3.63) is 0 Å². The van der Waals surface area contributed by atoms with Gasteiger partial charge in [-0.1, -0.05) is 0 Å². The van der Waals surface area contributed by atoms with Crippen molar-refractivity contribution >= 4 is 12.0 Å². The van der Waals surface area contributed by atoms with Crippen LogP contribution in [0, 0.1) is 5.92 Å². The van der Waals surface area contributed by atoms with Crippen LogP contribution in [-0.2, 0) is 4.79 Å². The Kier molecular flexibility index (Phi) is 6.08. The van der Waals surface area contributed by atoms with Crippen LogP contribution in [0.3, 0.4) is 0 Å². The molecule has 110 valence electrons. The third-order valence-corrected chi connectivity index (χ3v) is 3.47. The summed E-state index contributed by atoms with van der Waals surface area (Å²) in [6, 6.07) is -0.0512. The minimum absolute atomic E-state index is 0.0512. The standard InChI is InChI=1S/C13H25N3O3/c1-14(2)7-5-8-15(3)13(19)16-9-4-6-11(10-16)12(17)18/h11H,4-10H2,1-3H3,(H,17,18)/t11-/m0/s1. The lowest BCUT2D eigenvalue weighted by Crippen LogP contribution is -2.48. The number of amides is 2. The maximum Gasteiger partial charge on any atom is 0.319 e. The molecule has 1 aliphatic rings. The molecule has 6 heteroatoms. The van der Waals surface area contributed by atoms with E-state index in [0.717, 1.165) is 19.4 Å². The van der Waals surface area contributed by atoms with Crippen LogP contribution in [0.25, 0.3) is 0 Å². The molecule has 1 N–H and O–H groups in total. The molecule has 0 radical (unpaired) electrons. The molecule has 1 fully saturated rings. The van der Waals surface area contributed by atoms with E-state index in [0.29, 0.717) is 26.1 Å². The van der Waals surface area contributed by atoms with Crippen molar-refractivity contribution in [1.82, 2.24) is 14.7 Å². The quantitative estimate of drug-likeness (QED) is 0.803. The zero-order valence-corrected chi connectivity index (χ0v) is 12.1. The largest absolute Gasteiger partial charge is 0.481 e. The van der Waals surface area contributed by atoms with Crippen molar-refractivity contribution in [2.24, 2.45) is 5.92 Å². The number of nitrogens with zero attached hydrogens (tertiary/aromatic N) is 3. The van der Waals surface area contributed by atoms with Gasteiger partial charge in [-0.05, 0) is 39.9 Å². The van der Waals surface area contributed by atoms with Gasteiger partial charge >= 0.3 is 12.0 Å². The summed E-state index contributed by atoms with van der Waals surface area (Å²) in [5.41, 5.74) is 0. The summed E-state index contributed by atoms with van der Waals surface area (Å²) in [4.78, 5) is 28.6. The van der Waals surface area contributed by atoms with Gasteiger partial charge in [-0.15, -0.1) is 0 Å². The predicted octanol–water partition coefficient (Wildman–Crippen LogP) is 0.786. The third kappa shape index (κ3) is 5.06. The average Bonchev–Trinajstić information content (AvgIpc) is 2.37. The van der Waals surface area contributed by atoms with Gasteiger partial charge < -0.3 is 19.8 Å². The maximum absolute atomic E-state index is 12.2. The van der Waals surface area contributed by atoms with E-state index in [1.807, 2.05) is 14.1 Å². The molecule has 0 unspecified atom stereocenters. The van der Waals surface area contributed by atoms with E-state index < -0.39 is 11.9 Å². The molecule has 1 saturated heterocycles. The van der Waals surface area contributed by atoms with E-state index >= 15 is 0 Å². The molecule has 6 nitrogen and oxygen atoms in total. The molecular formula is C13H25N3O3. The minimum atomic E-state index is -0.798. The van der Waals surface area contributed by atoms with Gasteiger partial charge in [-0.25, -0.2) is 4.79 Å². The van der Waals surface area contributed by atoms with Gasteiger partial charge in [0, 0.05) is 26.7 Å². The van der Waals surface area contributed by atoms with E-state index in [4.69, 9.17) is 5.11 Å².